The molecule has 1 heterocycles. The number of methoxy groups -OCH3 is 1. The summed E-state index contributed by atoms with van der Waals surface area (Å²) >= 11 is 0. The number of nitrogens with zero attached hydrogens (tertiary/aromatic N) is 1. The largest absolute Gasteiger partial charge is 0.493 e. The van der Waals surface area contributed by atoms with Crippen molar-refractivity contribution >= 4 is 23.6 Å². The predicted octanol–water partition coefficient (Wildman–Crippen LogP) is 4.42. The van der Waals surface area contributed by atoms with Crippen LogP contribution in [0.3, 0.4) is 0 Å². The summed E-state index contributed by atoms with van der Waals surface area (Å²) in [6, 6.07) is 17.0. The van der Waals surface area contributed by atoms with Crippen LogP contribution in [0.2, 0.25) is 0 Å². The van der Waals surface area contributed by atoms with Gasteiger partial charge in [-0.1, -0.05) is 18.2 Å². The van der Waals surface area contributed by atoms with Gasteiger partial charge in [-0.15, -0.1) is 0 Å². The second kappa shape index (κ2) is 10.00. The first-order valence-electron chi connectivity index (χ1n) is 9.52. The SMILES string of the molecule is COc1cc(/C=C(/C#N)C(=O)Nc2cccc(C)c2)ccc1OCc1ccc(C(=O)O)o1. The van der Waals surface area contributed by atoms with Gasteiger partial charge in [0.25, 0.3) is 5.91 Å². The average molecular weight is 432 g/mol. The molecule has 1 amide bonds. The van der Waals surface area contributed by atoms with E-state index in [0.717, 1.165) is 5.56 Å². The molecular formula is C24H20N2O6. The van der Waals surface area contributed by atoms with Gasteiger partial charge in [0.2, 0.25) is 5.76 Å². The third-order valence-corrected chi connectivity index (χ3v) is 4.38. The first-order valence-corrected chi connectivity index (χ1v) is 9.52. The number of nitriles is 1. The lowest BCUT2D eigenvalue weighted by atomic mass is 10.1. The van der Waals surface area contributed by atoms with Crippen LogP contribution in [0.5, 0.6) is 11.5 Å². The molecule has 1 aromatic heterocycles. The molecule has 0 saturated heterocycles. The molecule has 32 heavy (non-hydrogen) atoms. The molecule has 0 atom stereocenters. The standard InChI is InChI=1S/C24H20N2O6/c1-15-4-3-5-18(10-15)26-23(27)17(13-25)11-16-6-8-20(22(12-16)30-2)31-14-19-7-9-21(32-19)24(28)29/h3-12H,14H2,1-2H3,(H,26,27)(H,28,29)/b17-11-. The van der Waals surface area contributed by atoms with Crippen LogP contribution in [0.25, 0.3) is 6.08 Å². The molecule has 3 aromatic rings. The highest BCUT2D eigenvalue weighted by atomic mass is 16.5. The number of hydrogen-bond donors (Lipinski definition) is 2. The highest BCUT2D eigenvalue weighted by Gasteiger charge is 2.13. The van der Waals surface area contributed by atoms with Crippen LogP contribution < -0.4 is 14.8 Å². The molecule has 0 fully saturated rings. The second-order valence-electron chi connectivity index (χ2n) is 6.76. The van der Waals surface area contributed by atoms with Crippen molar-refractivity contribution in [3.63, 3.8) is 0 Å². The van der Waals surface area contributed by atoms with Gasteiger partial charge in [-0.2, -0.15) is 5.26 Å². The number of carbonyl (C=O) groups excluding carboxylic acids is 1. The van der Waals surface area contributed by atoms with Crippen molar-refractivity contribution in [2.24, 2.45) is 0 Å². The molecule has 0 spiro atoms. The maximum atomic E-state index is 12.5. The topological polar surface area (TPSA) is 122 Å². The van der Waals surface area contributed by atoms with E-state index in [4.69, 9.17) is 19.0 Å². The molecule has 2 N–H and O–H groups in total. The van der Waals surface area contributed by atoms with Crippen molar-refractivity contribution in [2.75, 3.05) is 12.4 Å². The number of amides is 1. The molecular weight excluding hydrogens is 412 g/mol. The Hall–Kier alpha value is -4.51. The number of carboxylic acids is 1. The van der Waals surface area contributed by atoms with Crippen molar-refractivity contribution in [3.8, 4) is 17.6 Å². The molecule has 8 heteroatoms. The summed E-state index contributed by atoms with van der Waals surface area (Å²) in [5.41, 5.74) is 2.08. The van der Waals surface area contributed by atoms with E-state index in [1.54, 1.807) is 30.3 Å². The average Bonchev–Trinajstić information content (AvgIpc) is 3.25. The molecule has 0 bridgehead atoms. The van der Waals surface area contributed by atoms with Gasteiger partial charge in [0.05, 0.1) is 7.11 Å². The Kier molecular flexibility index (Phi) is 6.93. The van der Waals surface area contributed by atoms with E-state index in [1.807, 2.05) is 25.1 Å². The summed E-state index contributed by atoms with van der Waals surface area (Å²) in [7, 11) is 1.46. The Balaban J connectivity index is 1.74. The van der Waals surface area contributed by atoms with Crippen molar-refractivity contribution in [2.45, 2.75) is 13.5 Å². The first-order chi connectivity index (χ1) is 15.4. The zero-order valence-corrected chi connectivity index (χ0v) is 17.4. The minimum Gasteiger partial charge on any atom is -0.493 e. The Labute approximate surface area is 184 Å². The second-order valence-corrected chi connectivity index (χ2v) is 6.76. The number of nitrogens with one attached hydrogen (secondary N) is 1. The minimum absolute atomic E-state index is 0.00116. The van der Waals surface area contributed by atoms with Gasteiger partial charge in [0.1, 0.15) is 24.0 Å². The van der Waals surface area contributed by atoms with Crippen LogP contribution in [-0.2, 0) is 11.4 Å². The van der Waals surface area contributed by atoms with E-state index in [1.165, 1.54) is 25.3 Å². The van der Waals surface area contributed by atoms with Gasteiger partial charge < -0.3 is 24.3 Å². The van der Waals surface area contributed by atoms with Crippen molar-refractivity contribution in [1.29, 1.82) is 5.26 Å². The fourth-order valence-corrected chi connectivity index (χ4v) is 2.85. The molecule has 0 radical (unpaired) electrons. The van der Waals surface area contributed by atoms with Gasteiger partial charge in [-0.25, -0.2) is 4.79 Å². The van der Waals surface area contributed by atoms with Crippen molar-refractivity contribution < 1.29 is 28.6 Å². The Morgan fingerprint density at radius 3 is 2.62 bits per heavy atom. The van der Waals surface area contributed by atoms with E-state index >= 15 is 0 Å². The summed E-state index contributed by atoms with van der Waals surface area (Å²) in [6.07, 6.45) is 1.45. The monoisotopic (exact) mass is 432 g/mol. The predicted molar refractivity (Wildman–Crippen MR) is 116 cm³/mol. The van der Waals surface area contributed by atoms with E-state index in [2.05, 4.69) is 5.32 Å². The third kappa shape index (κ3) is 5.55. The number of rotatable bonds is 8. The smallest absolute Gasteiger partial charge is 0.371 e. The van der Waals surface area contributed by atoms with Gasteiger partial charge in [-0.3, -0.25) is 4.79 Å². The van der Waals surface area contributed by atoms with E-state index < -0.39 is 11.9 Å². The summed E-state index contributed by atoms with van der Waals surface area (Å²) in [6.45, 7) is 1.91. The number of aromatic carboxylic acids is 1. The minimum atomic E-state index is -1.16. The first kappa shape index (κ1) is 22.2. The zero-order valence-electron chi connectivity index (χ0n) is 17.4. The third-order valence-electron chi connectivity index (χ3n) is 4.38. The normalized spacial score (nSPS) is 10.8. The van der Waals surface area contributed by atoms with E-state index in [9.17, 15) is 14.9 Å². The van der Waals surface area contributed by atoms with E-state index in [0.29, 0.717) is 28.5 Å². The molecule has 0 aliphatic rings. The lowest BCUT2D eigenvalue weighted by molar-refractivity contribution is -0.112. The fraction of sp³-hybridized carbons (Fsp3) is 0.125. The molecule has 0 aliphatic heterocycles. The Morgan fingerprint density at radius 1 is 1.16 bits per heavy atom. The van der Waals surface area contributed by atoms with Gasteiger partial charge in [-0.05, 0) is 60.5 Å². The van der Waals surface area contributed by atoms with Crippen molar-refractivity contribution in [3.05, 3.63) is 82.8 Å². The lowest BCUT2D eigenvalue weighted by Gasteiger charge is -2.11. The maximum Gasteiger partial charge on any atom is 0.371 e. The van der Waals surface area contributed by atoms with Gasteiger partial charge in [0.15, 0.2) is 11.5 Å². The number of furan rings is 1. The number of carbonyl (C=O) groups is 2. The number of aryl methyl sites for hydroxylation is 1. The maximum absolute atomic E-state index is 12.5. The number of ether oxygens (including phenoxy) is 2. The van der Waals surface area contributed by atoms with Crippen LogP contribution in [0.4, 0.5) is 5.69 Å². The van der Waals surface area contributed by atoms with Crippen LogP contribution in [0, 0.1) is 18.3 Å². The quantitative estimate of drug-likeness (QED) is 0.399. The Bertz CT molecular complexity index is 1220. The molecule has 3 rings (SSSR count). The van der Waals surface area contributed by atoms with Gasteiger partial charge in [0, 0.05) is 5.69 Å². The summed E-state index contributed by atoms with van der Waals surface area (Å²) < 4.78 is 16.2. The van der Waals surface area contributed by atoms with Crippen molar-refractivity contribution in [1.82, 2.24) is 0 Å². The van der Waals surface area contributed by atoms with E-state index in [-0.39, 0.29) is 17.9 Å². The van der Waals surface area contributed by atoms with Crippen LogP contribution in [0.15, 0.2) is 64.6 Å². The summed E-state index contributed by atoms with van der Waals surface area (Å²) in [5.74, 6) is -0.757. The number of hydrogen-bond acceptors (Lipinski definition) is 6. The molecule has 2 aromatic carbocycles. The van der Waals surface area contributed by atoms with Gasteiger partial charge >= 0.3 is 5.97 Å². The molecule has 0 aliphatic carbocycles. The number of benzene rings is 2. The van der Waals surface area contributed by atoms with Crippen LogP contribution >= 0.6 is 0 Å². The molecule has 0 unspecified atom stereocenters. The molecule has 162 valence electrons. The fourth-order valence-electron chi connectivity index (χ4n) is 2.85. The van der Waals surface area contributed by atoms with Crippen LogP contribution in [-0.4, -0.2) is 24.1 Å². The molecule has 0 saturated carbocycles. The molecule has 8 nitrogen and oxygen atoms in total. The number of carboxylic acid groups (broad SMARTS) is 1. The highest BCUT2D eigenvalue weighted by molar-refractivity contribution is 6.09. The summed E-state index contributed by atoms with van der Waals surface area (Å²) in [4.78, 5) is 23.4. The Morgan fingerprint density at radius 2 is 1.97 bits per heavy atom. The highest BCUT2D eigenvalue weighted by Crippen LogP contribution is 2.30. The van der Waals surface area contributed by atoms with Crippen LogP contribution in [0.1, 0.15) is 27.4 Å². The number of anilines is 1. The lowest BCUT2D eigenvalue weighted by Crippen LogP contribution is -2.13. The summed E-state index contributed by atoms with van der Waals surface area (Å²) in [5, 5.41) is 21.1. The zero-order chi connectivity index (χ0) is 23.1.